The first-order valence-corrected chi connectivity index (χ1v) is 4.70. The van der Waals surface area contributed by atoms with Crippen molar-refractivity contribution in [2.75, 3.05) is 12.2 Å². The van der Waals surface area contributed by atoms with Gasteiger partial charge < -0.3 is 4.74 Å². The molecule has 0 aliphatic carbocycles. The van der Waals surface area contributed by atoms with Gasteiger partial charge in [0, 0.05) is 6.42 Å². The summed E-state index contributed by atoms with van der Waals surface area (Å²) >= 11 is 1.51. The van der Waals surface area contributed by atoms with Crippen LogP contribution in [0.3, 0.4) is 0 Å². The molecule has 10 heavy (non-hydrogen) atoms. The van der Waals surface area contributed by atoms with Crippen LogP contribution < -0.4 is 0 Å². The van der Waals surface area contributed by atoms with Crippen molar-refractivity contribution in [2.45, 2.75) is 20.3 Å². The van der Waals surface area contributed by atoms with Crippen LogP contribution in [0, 0.1) is 5.92 Å². The second-order valence-electron chi connectivity index (χ2n) is 2.52. The van der Waals surface area contributed by atoms with Gasteiger partial charge in [-0.15, -0.1) is 11.8 Å². The van der Waals surface area contributed by atoms with Crippen molar-refractivity contribution in [3.05, 3.63) is 0 Å². The Morgan fingerprint density at radius 1 is 1.60 bits per heavy atom. The van der Waals surface area contributed by atoms with Crippen LogP contribution in [0.1, 0.15) is 20.3 Å². The fourth-order valence-electron chi connectivity index (χ4n) is 0.517. The minimum atomic E-state index is -0.0932. The van der Waals surface area contributed by atoms with Crippen molar-refractivity contribution >= 4 is 17.7 Å². The standard InChI is InChI=1S/C7H14O2S/c1-6(2)4-7(8)9-5-10-3/h6H,4-5H2,1-3H3. The van der Waals surface area contributed by atoms with Crippen molar-refractivity contribution in [3.63, 3.8) is 0 Å². The number of ether oxygens (including phenoxy) is 1. The summed E-state index contributed by atoms with van der Waals surface area (Å²) in [7, 11) is 0. The number of thioether (sulfide) groups is 1. The summed E-state index contributed by atoms with van der Waals surface area (Å²) in [6.07, 6.45) is 2.43. The minimum Gasteiger partial charge on any atom is -0.455 e. The highest BCUT2D eigenvalue weighted by Gasteiger charge is 2.04. The minimum absolute atomic E-state index is 0.0932. The molecule has 2 nitrogen and oxygen atoms in total. The molecule has 0 saturated carbocycles. The third kappa shape index (κ3) is 5.95. The van der Waals surface area contributed by atoms with Gasteiger partial charge in [0.1, 0.15) is 5.94 Å². The van der Waals surface area contributed by atoms with Crippen LogP contribution in [0.15, 0.2) is 0 Å². The zero-order valence-corrected chi connectivity index (χ0v) is 7.53. The van der Waals surface area contributed by atoms with Crippen molar-refractivity contribution in [1.29, 1.82) is 0 Å². The second kappa shape index (κ2) is 5.59. The molecule has 0 aliphatic rings. The molecule has 0 aromatic carbocycles. The lowest BCUT2D eigenvalue weighted by Crippen LogP contribution is -2.06. The lowest BCUT2D eigenvalue weighted by atomic mass is 10.1. The maximum Gasteiger partial charge on any atom is 0.306 e. The summed E-state index contributed by atoms with van der Waals surface area (Å²) in [6.45, 7) is 4.00. The second-order valence-corrected chi connectivity index (χ2v) is 3.33. The Morgan fingerprint density at radius 2 is 2.20 bits per heavy atom. The first-order valence-electron chi connectivity index (χ1n) is 3.31. The van der Waals surface area contributed by atoms with Crippen molar-refractivity contribution < 1.29 is 9.53 Å². The normalized spacial score (nSPS) is 10.0. The summed E-state index contributed by atoms with van der Waals surface area (Å²) in [4.78, 5) is 10.8. The summed E-state index contributed by atoms with van der Waals surface area (Å²) in [6, 6.07) is 0. The first kappa shape index (κ1) is 9.82. The highest BCUT2D eigenvalue weighted by Crippen LogP contribution is 2.02. The molecule has 0 bridgehead atoms. The van der Waals surface area contributed by atoms with Crippen LogP contribution in [-0.4, -0.2) is 18.2 Å². The SMILES string of the molecule is CSCOC(=O)CC(C)C. The molecule has 0 heterocycles. The lowest BCUT2D eigenvalue weighted by Gasteiger charge is -2.03. The Kier molecular flexibility index (Phi) is 5.49. The quantitative estimate of drug-likeness (QED) is 0.466. The molecule has 0 atom stereocenters. The van der Waals surface area contributed by atoms with Crippen LogP contribution in [0.25, 0.3) is 0 Å². The van der Waals surface area contributed by atoms with Crippen molar-refractivity contribution in [3.8, 4) is 0 Å². The molecule has 0 saturated heterocycles. The van der Waals surface area contributed by atoms with Crippen LogP contribution in [0.5, 0.6) is 0 Å². The van der Waals surface area contributed by atoms with Crippen LogP contribution in [-0.2, 0) is 9.53 Å². The molecule has 0 spiro atoms. The number of carbonyl (C=O) groups excluding carboxylic acids is 1. The van der Waals surface area contributed by atoms with Gasteiger partial charge in [0.2, 0.25) is 0 Å². The van der Waals surface area contributed by atoms with Gasteiger partial charge >= 0.3 is 5.97 Å². The van der Waals surface area contributed by atoms with Crippen LogP contribution in [0.2, 0.25) is 0 Å². The Hall–Kier alpha value is -0.180. The predicted molar refractivity (Wildman–Crippen MR) is 43.9 cm³/mol. The number of rotatable bonds is 4. The molecule has 0 aromatic heterocycles. The highest BCUT2D eigenvalue weighted by molar-refractivity contribution is 7.98. The zero-order chi connectivity index (χ0) is 7.98. The first-order chi connectivity index (χ1) is 4.66. The van der Waals surface area contributed by atoms with E-state index in [4.69, 9.17) is 4.74 Å². The maximum atomic E-state index is 10.8. The molecule has 0 unspecified atom stereocenters. The summed E-state index contributed by atoms with van der Waals surface area (Å²) in [5, 5.41) is 0. The lowest BCUT2D eigenvalue weighted by molar-refractivity contribution is -0.142. The Balaban J connectivity index is 3.26. The van der Waals surface area contributed by atoms with Gasteiger partial charge in [-0.3, -0.25) is 4.79 Å². The van der Waals surface area contributed by atoms with Gasteiger partial charge in [0.15, 0.2) is 0 Å². The Labute approximate surface area is 66.3 Å². The fourth-order valence-corrected chi connectivity index (χ4v) is 0.766. The van der Waals surface area contributed by atoms with E-state index in [-0.39, 0.29) is 5.97 Å². The van der Waals surface area contributed by atoms with E-state index in [1.807, 2.05) is 20.1 Å². The molecule has 0 amide bonds. The van der Waals surface area contributed by atoms with E-state index in [2.05, 4.69) is 0 Å². The molecule has 0 rings (SSSR count). The molecule has 3 heteroatoms. The summed E-state index contributed by atoms with van der Waals surface area (Å²) in [5.74, 6) is 0.782. The molecule has 60 valence electrons. The molecular formula is C7H14O2S. The Morgan fingerprint density at radius 3 is 2.60 bits per heavy atom. The van der Waals surface area contributed by atoms with Crippen molar-refractivity contribution in [1.82, 2.24) is 0 Å². The number of carbonyl (C=O) groups is 1. The molecule has 0 fully saturated rings. The third-order valence-corrected chi connectivity index (χ3v) is 1.27. The van der Waals surface area contributed by atoms with E-state index in [1.54, 1.807) is 0 Å². The van der Waals surface area contributed by atoms with E-state index in [0.29, 0.717) is 18.3 Å². The molecule has 0 aromatic rings. The zero-order valence-electron chi connectivity index (χ0n) is 6.72. The predicted octanol–water partition coefficient (Wildman–Crippen LogP) is 1.90. The van der Waals surface area contributed by atoms with Crippen LogP contribution in [0.4, 0.5) is 0 Å². The maximum absolute atomic E-state index is 10.8. The average molecular weight is 162 g/mol. The van der Waals surface area contributed by atoms with E-state index < -0.39 is 0 Å². The smallest absolute Gasteiger partial charge is 0.306 e. The van der Waals surface area contributed by atoms with Crippen molar-refractivity contribution in [2.24, 2.45) is 5.92 Å². The fraction of sp³-hybridized carbons (Fsp3) is 0.857. The van der Waals surface area contributed by atoms with E-state index in [0.717, 1.165) is 0 Å². The number of hydrogen-bond donors (Lipinski definition) is 0. The monoisotopic (exact) mass is 162 g/mol. The van der Waals surface area contributed by atoms with Gasteiger partial charge in [-0.1, -0.05) is 13.8 Å². The van der Waals surface area contributed by atoms with Gasteiger partial charge in [0.25, 0.3) is 0 Å². The largest absolute Gasteiger partial charge is 0.455 e. The number of esters is 1. The summed E-state index contributed by atoms with van der Waals surface area (Å²) < 4.78 is 4.83. The topological polar surface area (TPSA) is 26.3 Å². The molecule has 0 N–H and O–H groups in total. The highest BCUT2D eigenvalue weighted by atomic mass is 32.2. The van der Waals surface area contributed by atoms with Gasteiger partial charge in [-0.25, -0.2) is 0 Å². The third-order valence-electron chi connectivity index (χ3n) is 0.913. The number of hydrogen-bond acceptors (Lipinski definition) is 3. The van der Waals surface area contributed by atoms with Gasteiger partial charge in [-0.05, 0) is 12.2 Å². The Bertz CT molecular complexity index is 102. The van der Waals surface area contributed by atoms with E-state index >= 15 is 0 Å². The van der Waals surface area contributed by atoms with E-state index in [9.17, 15) is 4.79 Å². The summed E-state index contributed by atoms with van der Waals surface area (Å²) in [5.41, 5.74) is 0. The van der Waals surface area contributed by atoms with Crippen LogP contribution >= 0.6 is 11.8 Å². The van der Waals surface area contributed by atoms with E-state index in [1.165, 1.54) is 11.8 Å². The van der Waals surface area contributed by atoms with Gasteiger partial charge in [-0.2, -0.15) is 0 Å². The molecular weight excluding hydrogens is 148 g/mol. The molecule has 0 aliphatic heterocycles. The molecule has 0 radical (unpaired) electrons. The van der Waals surface area contributed by atoms with Gasteiger partial charge in [0.05, 0.1) is 0 Å². The average Bonchev–Trinajstić information content (AvgIpc) is 1.82.